The Bertz CT molecular complexity index is 861. The maximum Gasteiger partial charge on any atom is 0.433 e. The summed E-state index contributed by atoms with van der Waals surface area (Å²) in [6.07, 6.45) is 0.637. The highest BCUT2D eigenvalue weighted by molar-refractivity contribution is 7.09. The van der Waals surface area contributed by atoms with Gasteiger partial charge in [-0.3, -0.25) is 4.79 Å². The molecule has 1 aromatic heterocycles. The van der Waals surface area contributed by atoms with Crippen LogP contribution < -0.4 is 0 Å². The number of carbonyl (C=O) groups is 3. The molecule has 0 aliphatic carbocycles. The zero-order chi connectivity index (χ0) is 26.2. The fourth-order valence-corrected chi connectivity index (χ4v) is 4.17. The van der Waals surface area contributed by atoms with Crippen LogP contribution in [0.15, 0.2) is 10.4 Å². The number of aliphatic hydroxyl groups is 1. The van der Waals surface area contributed by atoms with E-state index in [1.807, 2.05) is 27.7 Å². The summed E-state index contributed by atoms with van der Waals surface area (Å²) < 4.78 is 9.89. The number of rotatable bonds is 10. The molecule has 34 heavy (non-hydrogen) atoms. The standard InChI is InChI=1S/C24H39N3O6S/c1-10-15(4)16(12-25-23(31)33-24(5,6)7)21(29)27(8)18(14(2)3)11-19(28)20-26-17(13-34-20)22(30)32-9/h12-16,18-19,28H,10-11H2,1-9H3/b25-12-/t15-,16?,18+,19+/m0/s1. The van der Waals surface area contributed by atoms with Gasteiger partial charge in [0.2, 0.25) is 5.91 Å². The number of nitrogens with zero attached hydrogens (tertiary/aromatic N) is 3. The number of hydrogen-bond donors (Lipinski definition) is 1. The van der Waals surface area contributed by atoms with Gasteiger partial charge in [-0.15, -0.1) is 11.3 Å². The third-order valence-corrected chi connectivity index (χ3v) is 6.50. The molecule has 0 spiro atoms. The maximum absolute atomic E-state index is 13.5. The van der Waals surface area contributed by atoms with Gasteiger partial charge >= 0.3 is 12.1 Å². The quantitative estimate of drug-likeness (QED) is 0.373. The van der Waals surface area contributed by atoms with Gasteiger partial charge < -0.3 is 19.5 Å². The van der Waals surface area contributed by atoms with Crippen molar-refractivity contribution in [3.63, 3.8) is 0 Å². The van der Waals surface area contributed by atoms with Crippen LogP contribution in [0.25, 0.3) is 0 Å². The van der Waals surface area contributed by atoms with Crippen molar-refractivity contribution in [2.75, 3.05) is 14.2 Å². The van der Waals surface area contributed by atoms with E-state index in [0.717, 1.165) is 6.42 Å². The van der Waals surface area contributed by atoms with Gasteiger partial charge in [-0.25, -0.2) is 14.6 Å². The molecule has 0 fully saturated rings. The van der Waals surface area contributed by atoms with E-state index in [-0.39, 0.29) is 35.9 Å². The lowest BCUT2D eigenvalue weighted by Crippen LogP contribution is -2.46. The van der Waals surface area contributed by atoms with E-state index in [2.05, 4.69) is 14.7 Å². The molecular formula is C24H39N3O6S. The zero-order valence-electron chi connectivity index (χ0n) is 21.7. The largest absolute Gasteiger partial charge is 0.464 e. The Balaban J connectivity index is 3.06. The number of aromatic nitrogens is 1. The summed E-state index contributed by atoms with van der Waals surface area (Å²) in [5, 5.41) is 12.7. The number of carbonyl (C=O) groups excluding carboxylic acids is 3. The van der Waals surface area contributed by atoms with Crippen molar-refractivity contribution < 1.29 is 29.0 Å². The minimum atomic E-state index is -0.955. The topological polar surface area (TPSA) is 118 Å². The molecule has 192 valence electrons. The van der Waals surface area contributed by atoms with Crippen LogP contribution in [0.4, 0.5) is 4.79 Å². The zero-order valence-corrected chi connectivity index (χ0v) is 22.5. The fourth-order valence-electron chi connectivity index (χ4n) is 3.38. The van der Waals surface area contributed by atoms with Crippen LogP contribution in [0.5, 0.6) is 0 Å². The number of methoxy groups -OCH3 is 1. The lowest BCUT2D eigenvalue weighted by molar-refractivity contribution is -0.136. The van der Waals surface area contributed by atoms with Crippen LogP contribution in [0.2, 0.25) is 0 Å². The second-order valence-electron chi connectivity index (χ2n) is 9.74. The first-order valence-electron chi connectivity index (χ1n) is 11.5. The van der Waals surface area contributed by atoms with E-state index in [4.69, 9.17) is 4.74 Å². The van der Waals surface area contributed by atoms with E-state index >= 15 is 0 Å². The normalized spacial score (nSPS) is 15.6. The van der Waals surface area contributed by atoms with Crippen molar-refractivity contribution in [2.24, 2.45) is 22.7 Å². The number of hydrogen-bond acceptors (Lipinski definition) is 8. The Morgan fingerprint density at radius 2 is 1.88 bits per heavy atom. The molecule has 0 radical (unpaired) electrons. The first kappa shape index (κ1) is 29.7. The lowest BCUT2D eigenvalue weighted by Gasteiger charge is -2.35. The van der Waals surface area contributed by atoms with Crippen molar-refractivity contribution >= 4 is 35.5 Å². The van der Waals surface area contributed by atoms with E-state index in [0.29, 0.717) is 5.01 Å². The summed E-state index contributed by atoms with van der Waals surface area (Å²) in [5.41, 5.74) is -0.536. The predicted molar refractivity (Wildman–Crippen MR) is 132 cm³/mol. The van der Waals surface area contributed by atoms with Gasteiger partial charge in [0.05, 0.1) is 13.0 Å². The van der Waals surface area contributed by atoms with E-state index in [1.165, 1.54) is 30.0 Å². The van der Waals surface area contributed by atoms with Crippen LogP contribution in [-0.2, 0) is 14.3 Å². The van der Waals surface area contributed by atoms with E-state index < -0.39 is 29.7 Å². The molecule has 1 heterocycles. The summed E-state index contributed by atoms with van der Waals surface area (Å²) in [4.78, 5) is 46.9. The Morgan fingerprint density at radius 1 is 1.26 bits per heavy atom. The minimum absolute atomic E-state index is 0.0315. The van der Waals surface area contributed by atoms with Crippen LogP contribution >= 0.6 is 11.3 Å². The van der Waals surface area contributed by atoms with Gasteiger partial charge in [-0.05, 0) is 32.6 Å². The Labute approximate surface area is 206 Å². The second kappa shape index (κ2) is 12.9. The number of amides is 2. The molecule has 10 heteroatoms. The van der Waals surface area contributed by atoms with Crippen molar-refractivity contribution in [1.29, 1.82) is 0 Å². The maximum atomic E-state index is 13.5. The molecule has 2 amide bonds. The predicted octanol–water partition coefficient (Wildman–Crippen LogP) is 4.50. The highest BCUT2D eigenvalue weighted by atomic mass is 32.1. The SMILES string of the molecule is CC[C@H](C)C(/C=N\C(=O)OC(C)(C)C)C(=O)N(C)[C@H](C[C@@H](O)c1nc(C(=O)OC)cs1)C(C)C. The summed E-state index contributed by atoms with van der Waals surface area (Å²) in [6.45, 7) is 13.1. The summed E-state index contributed by atoms with van der Waals surface area (Å²) in [6, 6.07) is -0.311. The Kier molecular flexibility index (Phi) is 11.3. The molecule has 0 saturated carbocycles. The average molecular weight is 498 g/mol. The molecule has 0 aromatic carbocycles. The number of esters is 1. The van der Waals surface area contributed by atoms with Crippen LogP contribution in [0.1, 0.15) is 82.9 Å². The molecule has 0 bridgehead atoms. The monoisotopic (exact) mass is 497 g/mol. The summed E-state index contributed by atoms with van der Waals surface area (Å²) >= 11 is 1.17. The number of aliphatic hydroxyl groups excluding tert-OH is 1. The van der Waals surface area contributed by atoms with Gasteiger partial charge in [0.15, 0.2) is 5.69 Å². The number of ether oxygens (including phenoxy) is 2. The average Bonchev–Trinajstić information content (AvgIpc) is 3.25. The smallest absolute Gasteiger partial charge is 0.433 e. The molecular weight excluding hydrogens is 458 g/mol. The molecule has 1 rings (SSSR count). The van der Waals surface area contributed by atoms with Gasteiger partial charge in [0, 0.05) is 31.1 Å². The third kappa shape index (κ3) is 8.79. The molecule has 0 aliphatic heterocycles. The van der Waals surface area contributed by atoms with Crippen molar-refractivity contribution in [3.8, 4) is 0 Å². The fraction of sp³-hybridized carbons (Fsp3) is 0.708. The minimum Gasteiger partial charge on any atom is -0.464 e. The van der Waals surface area contributed by atoms with E-state index in [9.17, 15) is 19.5 Å². The van der Waals surface area contributed by atoms with Crippen LogP contribution in [-0.4, -0.2) is 65.0 Å². The number of aliphatic imine (C=N–C) groups is 1. The van der Waals surface area contributed by atoms with Gasteiger partial charge in [0.25, 0.3) is 0 Å². The first-order valence-corrected chi connectivity index (χ1v) is 12.3. The van der Waals surface area contributed by atoms with Crippen LogP contribution in [0, 0.1) is 17.8 Å². The van der Waals surface area contributed by atoms with E-state index in [1.54, 1.807) is 32.7 Å². The second-order valence-corrected chi connectivity index (χ2v) is 10.6. The van der Waals surface area contributed by atoms with Crippen molar-refractivity contribution in [3.05, 3.63) is 16.1 Å². The van der Waals surface area contributed by atoms with Crippen molar-refractivity contribution in [1.82, 2.24) is 9.88 Å². The van der Waals surface area contributed by atoms with Gasteiger partial charge in [0.1, 0.15) is 16.7 Å². The van der Waals surface area contributed by atoms with Crippen LogP contribution in [0.3, 0.4) is 0 Å². The van der Waals surface area contributed by atoms with Crippen molar-refractivity contribution in [2.45, 2.75) is 79.1 Å². The molecule has 9 nitrogen and oxygen atoms in total. The molecule has 1 unspecified atom stereocenters. The number of thiazole rings is 1. The Hall–Kier alpha value is -2.33. The molecule has 1 aromatic rings. The highest BCUT2D eigenvalue weighted by Crippen LogP contribution is 2.28. The summed E-state index contributed by atoms with van der Waals surface area (Å²) in [5.74, 6) is -1.40. The Morgan fingerprint density at radius 3 is 2.38 bits per heavy atom. The molecule has 4 atom stereocenters. The van der Waals surface area contributed by atoms with Gasteiger partial charge in [-0.2, -0.15) is 4.99 Å². The van der Waals surface area contributed by atoms with Gasteiger partial charge in [-0.1, -0.05) is 34.1 Å². The molecule has 1 N–H and O–H groups in total. The summed E-state index contributed by atoms with van der Waals surface area (Å²) in [7, 11) is 2.96. The molecule has 0 aliphatic rings. The lowest BCUT2D eigenvalue weighted by atomic mass is 9.89. The third-order valence-electron chi connectivity index (χ3n) is 5.56. The highest BCUT2D eigenvalue weighted by Gasteiger charge is 2.33. The first-order chi connectivity index (χ1) is 15.7. The molecule has 0 saturated heterocycles.